The van der Waals surface area contributed by atoms with E-state index < -0.39 is 12.1 Å². The SMILES string of the molecule is CO[C@@H]1CCN(C(=O)c2ccc(C#N)cc2)[C@@H]1Cc1cccnc1.O=C(O)C(F)(F)F. The number of halogens is 3. The van der Waals surface area contributed by atoms with Crippen LogP contribution in [0.2, 0.25) is 0 Å². The van der Waals surface area contributed by atoms with Crippen molar-refractivity contribution in [1.29, 1.82) is 5.26 Å². The molecule has 2 atom stereocenters. The van der Waals surface area contributed by atoms with Gasteiger partial charge in [-0.15, -0.1) is 0 Å². The number of carboxylic acids is 1. The summed E-state index contributed by atoms with van der Waals surface area (Å²) >= 11 is 0. The molecule has 0 aliphatic carbocycles. The third-order valence-corrected chi connectivity index (χ3v) is 4.72. The minimum Gasteiger partial charge on any atom is -0.475 e. The van der Waals surface area contributed by atoms with Gasteiger partial charge in [-0.2, -0.15) is 18.4 Å². The molecule has 0 radical (unpaired) electrons. The zero-order chi connectivity index (χ0) is 23.0. The van der Waals surface area contributed by atoms with E-state index in [9.17, 15) is 18.0 Å². The van der Waals surface area contributed by atoms with Gasteiger partial charge in [0.15, 0.2) is 0 Å². The Morgan fingerprint density at radius 1 is 1.29 bits per heavy atom. The zero-order valence-electron chi connectivity index (χ0n) is 16.5. The number of benzene rings is 1. The molecule has 1 fully saturated rings. The summed E-state index contributed by atoms with van der Waals surface area (Å²) in [5.74, 6) is -2.78. The quantitative estimate of drug-likeness (QED) is 0.792. The van der Waals surface area contributed by atoms with E-state index in [2.05, 4.69) is 11.1 Å². The van der Waals surface area contributed by atoms with Gasteiger partial charge in [-0.1, -0.05) is 6.07 Å². The first-order valence-corrected chi connectivity index (χ1v) is 9.20. The first-order valence-electron chi connectivity index (χ1n) is 9.20. The van der Waals surface area contributed by atoms with E-state index in [0.717, 1.165) is 12.0 Å². The van der Waals surface area contributed by atoms with Gasteiger partial charge >= 0.3 is 12.1 Å². The van der Waals surface area contributed by atoms with Crippen molar-refractivity contribution in [3.8, 4) is 6.07 Å². The number of methoxy groups -OCH3 is 1. The molecule has 0 spiro atoms. The number of hydrogen-bond acceptors (Lipinski definition) is 5. The number of pyridine rings is 1. The van der Waals surface area contributed by atoms with Crippen LogP contribution >= 0.6 is 0 Å². The number of nitrogens with zero attached hydrogens (tertiary/aromatic N) is 3. The van der Waals surface area contributed by atoms with Crippen LogP contribution in [0.1, 0.15) is 27.9 Å². The topological polar surface area (TPSA) is 104 Å². The second-order valence-corrected chi connectivity index (χ2v) is 6.69. The van der Waals surface area contributed by atoms with Gasteiger partial charge in [0.05, 0.1) is 23.8 Å². The molecule has 31 heavy (non-hydrogen) atoms. The van der Waals surface area contributed by atoms with Gasteiger partial charge in [0.25, 0.3) is 5.91 Å². The lowest BCUT2D eigenvalue weighted by molar-refractivity contribution is -0.192. The van der Waals surface area contributed by atoms with Gasteiger partial charge in [-0.3, -0.25) is 9.78 Å². The highest BCUT2D eigenvalue weighted by atomic mass is 19.4. The highest BCUT2D eigenvalue weighted by Gasteiger charge is 2.38. The van der Waals surface area contributed by atoms with Gasteiger partial charge in [-0.05, 0) is 48.7 Å². The summed E-state index contributed by atoms with van der Waals surface area (Å²) in [7, 11) is 1.69. The Morgan fingerprint density at radius 3 is 2.42 bits per heavy atom. The van der Waals surface area contributed by atoms with Crippen LogP contribution in [-0.2, 0) is 16.0 Å². The van der Waals surface area contributed by atoms with Crippen LogP contribution in [0.15, 0.2) is 48.8 Å². The van der Waals surface area contributed by atoms with Crippen molar-refractivity contribution in [2.75, 3.05) is 13.7 Å². The molecular weight excluding hydrogens is 415 g/mol. The first-order chi connectivity index (χ1) is 14.7. The van der Waals surface area contributed by atoms with Crippen molar-refractivity contribution in [2.24, 2.45) is 0 Å². The Morgan fingerprint density at radius 2 is 1.94 bits per heavy atom. The van der Waals surface area contributed by atoms with Crippen molar-refractivity contribution in [3.63, 3.8) is 0 Å². The Labute approximate surface area is 176 Å². The molecule has 1 aliphatic heterocycles. The number of carbonyl (C=O) groups excluding carboxylic acids is 1. The predicted molar refractivity (Wildman–Crippen MR) is 103 cm³/mol. The summed E-state index contributed by atoms with van der Waals surface area (Å²) in [6.07, 6.45) is 0.0475. The number of nitriles is 1. The molecule has 2 heterocycles. The Balaban J connectivity index is 0.000000423. The Bertz CT molecular complexity index is 928. The number of amides is 1. The van der Waals surface area contributed by atoms with Gasteiger partial charge in [0.2, 0.25) is 0 Å². The molecule has 0 bridgehead atoms. The second-order valence-electron chi connectivity index (χ2n) is 6.69. The van der Waals surface area contributed by atoms with E-state index in [1.165, 1.54) is 0 Å². The molecule has 164 valence electrons. The lowest BCUT2D eigenvalue weighted by Crippen LogP contribution is -2.41. The third-order valence-electron chi connectivity index (χ3n) is 4.72. The molecular formula is C21H20F3N3O4. The number of rotatable bonds is 4. The van der Waals surface area contributed by atoms with Crippen LogP contribution < -0.4 is 0 Å². The molecule has 0 saturated carbocycles. The standard InChI is InChI=1S/C19H19N3O2.C2HF3O2/c1-24-18-8-10-22(17(18)11-15-3-2-9-21-13-15)19(23)16-6-4-14(12-20)5-7-16;3-2(4,5)1(6)7/h2-7,9,13,17-18H,8,10-11H2,1H3;(H,6,7)/t17-,18-;/m1./s1. The molecule has 1 amide bonds. The van der Waals surface area contributed by atoms with Crippen molar-refractivity contribution in [2.45, 2.75) is 31.2 Å². The average molecular weight is 435 g/mol. The van der Waals surface area contributed by atoms with Gasteiger partial charge < -0.3 is 14.7 Å². The van der Waals surface area contributed by atoms with E-state index in [1.54, 1.807) is 37.6 Å². The van der Waals surface area contributed by atoms with E-state index in [-0.39, 0.29) is 18.1 Å². The van der Waals surface area contributed by atoms with Crippen LogP contribution in [0.25, 0.3) is 0 Å². The van der Waals surface area contributed by atoms with Crippen LogP contribution in [0, 0.1) is 11.3 Å². The molecule has 1 aromatic heterocycles. The second kappa shape index (κ2) is 10.5. The molecule has 1 N–H and O–H groups in total. The van der Waals surface area contributed by atoms with Gasteiger partial charge in [0.1, 0.15) is 0 Å². The number of likely N-dealkylation sites (tertiary alicyclic amines) is 1. The number of alkyl halides is 3. The van der Waals surface area contributed by atoms with Crippen LogP contribution in [0.3, 0.4) is 0 Å². The minimum atomic E-state index is -5.08. The lowest BCUT2D eigenvalue weighted by atomic mass is 10.0. The van der Waals surface area contributed by atoms with Gasteiger partial charge in [-0.25, -0.2) is 4.79 Å². The largest absolute Gasteiger partial charge is 0.490 e. The van der Waals surface area contributed by atoms with E-state index >= 15 is 0 Å². The maximum absolute atomic E-state index is 12.9. The van der Waals surface area contributed by atoms with Crippen molar-refractivity contribution in [1.82, 2.24) is 9.88 Å². The molecule has 1 aliphatic rings. The first kappa shape index (κ1) is 23.8. The maximum atomic E-state index is 12.9. The highest BCUT2D eigenvalue weighted by molar-refractivity contribution is 5.94. The Kier molecular flexibility index (Phi) is 8.10. The highest BCUT2D eigenvalue weighted by Crippen LogP contribution is 2.26. The average Bonchev–Trinajstić information content (AvgIpc) is 3.16. The molecule has 10 heteroatoms. The summed E-state index contributed by atoms with van der Waals surface area (Å²) in [5, 5.41) is 16.0. The fraction of sp³-hybridized carbons (Fsp3) is 0.333. The number of carbonyl (C=O) groups is 2. The summed E-state index contributed by atoms with van der Waals surface area (Å²) < 4.78 is 37.3. The fourth-order valence-corrected chi connectivity index (χ4v) is 3.21. The predicted octanol–water partition coefficient (Wildman–Crippen LogP) is 3.06. The molecule has 7 nitrogen and oxygen atoms in total. The van der Waals surface area contributed by atoms with Crippen molar-refractivity contribution in [3.05, 3.63) is 65.5 Å². The van der Waals surface area contributed by atoms with Crippen LogP contribution in [-0.4, -0.2) is 58.8 Å². The molecule has 0 unspecified atom stereocenters. The number of carboxylic acid groups (broad SMARTS) is 1. The number of hydrogen-bond donors (Lipinski definition) is 1. The molecule has 2 aromatic rings. The molecule has 3 rings (SSSR count). The van der Waals surface area contributed by atoms with Crippen molar-refractivity contribution < 1.29 is 32.6 Å². The van der Waals surface area contributed by atoms with Gasteiger partial charge in [0, 0.05) is 31.6 Å². The monoisotopic (exact) mass is 435 g/mol. The Hall–Kier alpha value is -3.45. The summed E-state index contributed by atoms with van der Waals surface area (Å²) in [4.78, 5) is 27.8. The van der Waals surface area contributed by atoms with Crippen molar-refractivity contribution >= 4 is 11.9 Å². The van der Waals surface area contributed by atoms with Crippen LogP contribution in [0.5, 0.6) is 0 Å². The minimum absolute atomic E-state index is 0.0117. The molecule has 1 aromatic carbocycles. The zero-order valence-corrected chi connectivity index (χ0v) is 16.5. The van der Waals surface area contributed by atoms with E-state index in [0.29, 0.717) is 24.1 Å². The molecule has 1 saturated heterocycles. The number of aromatic nitrogens is 1. The third kappa shape index (κ3) is 6.52. The number of aliphatic carboxylic acids is 1. The number of ether oxygens (including phenoxy) is 1. The van der Waals surface area contributed by atoms with Crippen LogP contribution in [0.4, 0.5) is 13.2 Å². The summed E-state index contributed by atoms with van der Waals surface area (Å²) in [6, 6.07) is 12.7. The summed E-state index contributed by atoms with van der Waals surface area (Å²) in [6.45, 7) is 0.669. The summed E-state index contributed by atoms with van der Waals surface area (Å²) in [5.41, 5.74) is 2.24. The maximum Gasteiger partial charge on any atom is 0.490 e. The van der Waals surface area contributed by atoms with E-state index in [1.807, 2.05) is 23.2 Å². The smallest absolute Gasteiger partial charge is 0.475 e. The normalized spacial score (nSPS) is 18.0. The lowest BCUT2D eigenvalue weighted by Gasteiger charge is -2.28. The fourth-order valence-electron chi connectivity index (χ4n) is 3.21. The van der Waals surface area contributed by atoms with E-state index in [4.69, 9.17) is 19.9 Å².